The molecule has 0 atom stereocenters. The van der Waals surface area contributed by atoms with Crippen molar-refractivity contribution in [3.63, 3.8) is 0 Å². The maximum Gasteiger partial charge on any atom is 0.269 e. The molecule has 1 aliphatic heterocycles. The maximum absolute atomic E-state index is 13.7. The third-order valence-electron chi connectivity index (χ3n) is 7.87. The fraction of sp³-hybridized carbons (Fsp3) is 0.167. The molecule has 0 aliphatic carbocycles. The molecule has 0 radical (unpaired) electrons. The number of hydrogen-bond donors (Lipinski definition) is 0. The van der Waals surface area contributed by atoms with Gasteiger partial charge >= 0.3 is 0 Å². The Bertz CT molecular complexity index is 2190. The predicted molar refractivity (Wildman–Crippen MR) is 191 cm³/mol. The Morgan fingerprint density at radius 3 is 2.27 bits per heavy atom. The van der Waals surface area contributed by atoms with Gasteiger partial charge in [0.25, 0.3) is 10.6 Å². The van der Waals surface area contributed by atoms with Gasteiger partial charge in [-0.2, -0.15) is 4.57 Å². The molecule has 0 bridgehead atoms. The van der Waals surface area contributed by atoms with Crippen molar-refractivity contribution in [2.75, 3.05) is 11.4 Å². The second-order valence-electron chi connectivity index (χ2n) is 10.4. The summed E-state index contributed by atoms with van der Waals surface area (Å²) in [5.41, 5.74) is 4.96. The van der Waals surface area contributed by atoms with Crippen molar-refractivity contribution in [1.82, 2.24) is 4.57 Å². The lowest BCUT2D eigenvalue weighted by Crippen LogP contribution is -2.36. The van der Waals surface area contributed by atoms with Crippen LogP contribution >= 0.6 is 45.8 Å². The summed E-state index contributed by atoms with van der Waals surface area (Å²) in [6, 6.07) is 27.9. The van der Waals surface area contributed by atoms with Crippen LogP contribution in [0.2, 0.25) is 0 Å². The molecule has 0 amide bonds. The van der Waals surface area contributed by atoms with E-state index in [0.717, 1.165) is 32.3 Å². The van der Waals surface area contributed by atoms with Crippen LogP contribution in [0, 0.1) is 0 Å². The minimum absolute atomic E-state index is 0.0653. The summed E-state index contributed by atoms with van der Waals surface area (Å²) < 4.78 is 7.32. The van der Waals surface area contributed by atoms with E-state index < -0.39 is 0 Å². The van der Waals surface area contributed by atoms with Crippen LogP contribution in [0.3, 0.4) is 0 Å². The zero-order valence-electron chi connectivity index (χ0n) is 24.8. The average molecular weight is 651 g/mol. The lowest BCUT2D eigenvalue weighted by Gasteiger charge is -2.18. The Kier molecular flexibility index (Phi) is 8.16. The number of rotatable bonds is 7. The molecule has 3 aromatic carbocycles. The predicted octanol–water partition coefficient (Wildman–Crippen LogP) is 7.93. The molecular formula is C36H32N3OS4+. The Morgan fingerprint density at radius 1 is 0.818 bits per heavy atom. The van der Waals surface area contributed by atoms with E-state index in [0.29, 0.717) is 6.54 Å². The van der Waals surface area contributed by atoms with Crippen LogP contribution in [0.25, 0.3) is 43.9 Å². The van der Waals surface area contributed by atoms with Gasteiger partial charge in [0.15, 0.2) is 0 Å². The third-order valence-corrected chi connectivity index (χ3v) is 12.1. The number of thiophene rings is 1. The molecular weight excluding hydrogens is 619 g/mol. The van der Waals surface area contributed by atoms with Crippen molar-refractivity contribution in [2.24, 2.45) is 0 Å². The number of fused-ring (bicyclic) bond motifs is 3. The first-order valence-electron chi connectivity index (χ1n) is 14.9. The van der Waals surface area contributed by atoms with E-state index in [2.05, 4.69) is 127 Å². The Balaban J connectivity index is 1.35. The van der Waals surface area contributed by atoms with Crippen LogP contribution in [-0.2, 0) is 13.1 Å². The van der Waals surface area contributed by atoms with Crippen LogP contribution < -0.4 is 24.2 Å². The topological polar surface area (TPSA) is 29.1 Å². The summed E-state index contributed by atoms with van der Waals surface area (Å²) in [7, 11) is 0. The van der Waals surface area contributed by atoms with Crippen LogP contribution in [-0.4, -0.2) is 11.1 Å². The van der Waals surface area contributed by atoms with E-state index in [1.165, 1.54) is 42.4 Å². The number of hydrogen-bond acceptors (Lipinski definition) is 6. The van der Waals surface area contributed by atoms with Crippen LogP contribution in [0.1, 0.15) is 25.8 Å². The van der Waals surface area contributed by atoms with Crippen molar-refractivity contribution in [1.29, 1.82) is 0 Å². The van der Waals surface area contributed by atoms with E-state index in [9.17, 15) is 4.79 Å². The number of anilines is 1. The van der Waals surface area contributed by atoms with Crippen LogP contribution in [0.15, 0.2) is 105 Å². The van der Waals surface area contributed by atoms with Crippen molar-refractivity contribution < 1.29 is 4.57 Å². The van der Waals surface area contributed by atoms with Gasteiger partial charge in [0.1, 0.15) is 16.1 Å². The SMILES string of the molecule is CCN1C(=CC=c2sc(=Cc3sc(-c4ccccc4)c(-c4ccccc4)[n+]3CC)n(CC)c2=O)Sc2ccc3sccc3c21. The van der Waals surface area contributed by atoms with Gasteiger partial charge in [-0.1, -0.05) is 71.6 Å². The molecule has 44 heavy (non-hydrogen) atoms. The minimum atomic E-state index is 0.0653. The molecule has 0 N–H and O–H groups in total. The summed E-state index contributed by atoms with van der Waals surface area (Å²) in [5.74, 6) is 0. The quantitative estimate of drug-likeness (QED) is 0.164. The van der Waals surface area contributed by atoms with Gasteiger partial charge < -0.3 is 4.90 Å². The van der Waals surface area contributed by atoms with Gasteiger partial charge in [0.05, 0.1) is 21.3 Å². The van der Waals surface area contributed by atoms with Gasteiger partial charge in [-0.25, -0.2) is 0 Å². The molecule has 4 nitrogen and oxygen atoms in total. The lowest BCUT2D eigenvalue weighted by molar-refractivity contribution is -0.679. The number of benzene rings is 3. The van der Waals surface area contributed by atoms with Gasteiger partial charge in [0.2, 0.25) is 5.69 Å². The number of aromatic nitrogens is 2. The summed E-state index contributed by atoms with van der Waals surface area (Å²) >= 11 is 6.92. The highest BCUT2D eigenvalue weighted by Gasteiger charge is 2.28. The number of thiazole rings is 2. The molecule has 1 aliphatic rings. The van der Waals surface area contributed by atoms with Gasteiger partial charge in [-0.3, -0.25) is 9.36 Å². The van der Waals surface area contributed by atoms with Crippen molar-refractivity contribution >= 4 is 73.7 Å². The first kappa shape index (κ1) is 29.0. The highest BCUT2D eigenvalue weighted by molar-refractivity contribution is 8.03. The standard InChI is InChI=1S/C36H32N3OS4/c1-4-37-30(42-28-18-17-27-26(34(28)37)21-22-41-27)20-19-29-36(40)39(6-3)32(43-29)23-31-38(5-2)33(24-13-9-7-10-14-24)35(44-31)25-15-11-8-12-16-25/h7-23H,4-6H2,1-3H3/q+1. The van der Waals surface area contributed by atoms with E-state index >= 15 is 0 Å². The van der Waals surface area contributed by atoms with Crippen molar-refractivity contribution in [3.8, 4) is 21.7 Å². The molecule has 8 heteroatoms. The van der Waals surface area contributed by atoms with Crippen molar-refractivity contribution in [2.45, 2.75) is 38.8 Å². The van der Waals surface area contributed by atoms with Gasteiger partial charge in [-0.15, -0.1) is 22.7 Å². The molecule has 3 aromatic heterocycles. The largest absolute Gasteiger partial charge is 0.335 e. The van der Waals surface area contributed by atoms with E-state index in [4.69, 9.17) is 0 Å². The Labute approximate surface area is 273 Å². The molecule has 0 unspecified atom stereocenters. The first-order chi connectivity index (χ1) is 21.6. The third kappa shape index (κ3) is 5.09. The van der Waals surface area contributed by atoms with Crippen LogP contribution in [0.4, 0.5) is 5.69 Å². The molecule has 4 heterocycles. The van der Waals surface area contributed by atoms with Gasteiger partial charge in [-0.05, 0) is 74.2 Å². The Hall–Kier alpha value is -3.69. The van der Waals surface area contributed by atoms with Crippen LogP contribution in [0.5, 0.6) is 0 Å². The second kappa shape index (κ2) is 12.4. The summed E-state index contributed by atoms with van der Waals surface area (Å²) in [5, 5.41) is 5.76. The van der Waals surface area contributed by atoms with Gasteiger partial charge in [0, 0.05) is 33.6 Å². The van der Waals surface area contributed by atoms with E-state index in [1.54, 1.807) is 45.8 Å². The number of nitrogens with zero attached hydrogens (tertiary/aromatic N) is 3. The smallest absolute Gasteiger partial charge is 0.269 e. The summed E-state index contributed by atoms with van der Waals surface area (Å²) in [6.07, 6.45) is 6.35. The molecule has 0 saturated carbocycles. The molecule has 7 rings (SSSR count). The normalized spacial score (nSPS) is 14.8. The monoisotopic (exact) mass is 650 g/mol. The number of thioether (sulfide) groups is 1. The summed E-state index contributed by atoms with van der Waals surface area (Å²) in [6.45, 7) is 8.76. The second-order valence-corrected chi connectivity index (χ2v) is 14.5. The maximum atomic E-state index is 13.7. The number of allylic oxidation sites excluding steroid dienone is 1. The van der Waals surface area contributed by atoms with E-state index in [1.807, 2.05) is 10.6 Å². The summed E-state index contributed by atoms with van der Waals surface area (Å²) in [4.78, 5) is 18.5. The molecule has 0 fully saturated rings. The molecule has 0 spiro atoms. The minimum Gasteiger partial charge on any atom is -0.335 e. The van der Waals surface area contributed by atoms with Crippen molar-refractivity contribution in [3.05, 3.63) is 120 Å². The zero-order valence-corrected chi connectivity index (χ0v) is 28.1. The zero-order chi connectivity index (χ0) is 30.2. The lowest BCUT2D eigenvalue weighted by atomic mass is 10.1. The average Bonchev–Trinajstić information content (AvgIpc) is 3.83. The molecule has 6 aromatic rings. The fourth-order valence-electron chi connectivity index (χ4n) is 5.82. The Morgan fingerprint density at radius 2 is 1.57 bits per heavy atom. The van der Waals surface area contributed by atoms with E-state index in [-0.39, 0.29) is 5.56 Å². The first-order valence-corrected chi connectivity index (χ1v) is 18.2. The highest BCUT2D eigenvalue weighted by atomic mass is 32.2. The molecule has 220 valence electrons. The highest BCUT2D eigenvalue weighted by Crippen LogP contribution is 2.50. The fourth-order valence-corrected chi connectivity index (χ4v) is 10.2. The molecule has 0 saturated heterocycles.